The second-order valence-electron chi connectivity index (χ2n) is 13.4. The van der Waals surface area contributed by atoms with Crippen LogP contribution < -0.4 is 4.90 Å². The van der Waals surface area contributed by atoms with Crippen LogP contribution in [0.25, 0.3) is 71.7 Å². The van der Waals surface area contributed by atoms with Gasteiger partial charge in [0.05, 0.1) is 22.4 Å². The van der Waals surface area contributed by atoms with E-state index in [0.29, 0.717) is 0 Å². The van der Waals surface area contributed by atoms with Crippen molar-refractivity contribution in [1.29, 1.82) is 0 Å². The number of aromatic nitrogens is 1. The average Bonchev–Trinajstić information content (AvgIpc) is 3.75. The minimum atomic E-state index is 0.904. The number of hydrogen-bond acceptors (Lipinski definition) is 3. The lowest BCUT2D eigenvalue weighted by atomic mass is 10.0. The van der Waals surface area contributed by atoms with Gasteiger partial charge in [0.1, 0.15) is 11.2 Å². The second-order valence-corrected chi connectivity index (χ2v) is 14.4. The Kier molecular flexibility index (Phi) is 6.48. The van der Waals surface area contributed by atoms with Crippen molar-refractivity contribution in [3.05, 3.63) is 182 Å². The third kappa shape index (κ3) is 4.55. The molecule has 1 aliphatic heterocycles. The van der Waals surface area contributed by atoms with Gasteiger partial charge in [-0.2, -0.15) is 0 Å². The molecule has 0 atom stereocenters. The fourth-order valence-electron chi connectivity index (χ4n) is 7.93. The van der Waals surface area contributed by atoms with Crippen LogP contribution in [0.2, 0.25) is 0 Å². The van der Waals surface area contributed by atoms with Gasteiger partial charge in [-0.15, -0.1) is 0 Å². The van der Waals surface area contributed by atoms with Crippen LogP contribution in [0.4, 0.5) is 17.1 Å². The number of para-hydroxylation sites is 3. The van der Waals surface area contributed by atoms with E-state index < -0.39 is 0 Å². The lowest BCUT2D eigenvalue weighted by molar-refractivity contribution is 0.669. The molecule has 3 heterocycles. The number of fused-ring (bicyclic) bond motifs is 8. The van der Waals surface area contributed by atoms with Crippen molar-refractivity contribution < 1.29 is 4.42 Å². The molecule has 0 saturated carbocycles. The van der Waals surface area contributed by atoms with Crippen molar-refractivity contribution in [3.8, 4) is 27.9 Å². The maximum Gasteiger partial charge on any atom is 0.135 e. The molecule has 52 heavy (non-hydrogen) atoms. The average molecular weight is 683 g/mol. The molecule has 4 heteroatoms. The molecule has 0 fully saturated rings. The summed E-state index contributed by atoms with van der Waals surface area (Å²) >= 11 is 1.84. The second kappa shape index (κ2) is 11.5. The van der Waals surface area contributed by atoms with Gasteiger partial charge in [-0.3, -0.25) is 0 Å². The van der Waals surface area contributed by atoms with Gasteiger partial charge in [-0.05, 0) is 101 Å². The summed E-state index contributed by atoms with van der Waals surface area (Å²) in [7, 11) is 0. The molecule has 0 unspecified atom stereocenters. The Bertz CT molecular complexity index is 2990. The van der Waals surface area contributed by atoms with Gasteiger partial charge in [0.15, 0.2) is 0 Å². The largest absolute Gasteiger partial charge is 0.456 e. The van der Waals surface area contributed by atoms with Crippen molar-refractivity contribution >= 4 is 72.6 Å². The zero-order chi connectivity index (χ0) is 34.2. The summed E-state index contributed by atoms with van der Waals surface area (Å²) in [4.78, 5) is 4.86. The number of anilines is 3. The van der Waals surface area contributed by atoms with Crippen LogP contribution in [0.15, 0.2) is 196 Å². The zero-order valence-corrected chi connectivity index (χ0v) is 28.8. The molecule has 0 N–H and O–H groups in total. The predicted molar refractivity (Wildman–Crippen MR) is 218 cm³/mol. The lowest BCUT2D eigenvalue weighted by Crippen LogP contribution is -2.14. The highest BCUT2D eigenvalue weighted by Gasteiger charge is 2.26. The van der Waals surface area contributed by atoms with Crippen molar-refractivity contribution in [3.63, 3.8) is 0 Å². The Morgan fingerprint density at radius 3 is 1.90 bits per heavy atom. The van der Waals surface area contributed by atoms with Gasteiger partial charge in [0.25, 0.3) is 0 Å². The molecule has 0 saturated heterocycles. The number of nitrogens with zero attached hydrogens (tertiary/aromatic N) is 2. The Balaban J connectivity index is 1.02. The molecule has 0 amide bonds. The van der Waals surface area contributed by atoms with E-state index in [1.54, 1.807) is 0 Å². The maximum atomic E-state index is 6.18. The quantitative estimate of drug-likeness (QED) is 0.184. The Morgan fingerprint density at radius 2 is 1.00 bits per heavy atom. The highest BCUT2D eigenvalue weighted by molar-refractivity contribution is 7.99. The summed E-state index contributed by atoms with van der Waals surface area (Å²) in [5.41, 5.74) is 13.7. The molecule has 1 aliphatic rings. The van der Waals surface area contributed by atoms with E-state index in [9.17, 15) is 0 Å². The minimum Gasteiger partial charge on any atom is -0.456 e. The monoisotopic (exact) mass is 682 g/mol. The van der Waals surface area contributed by atoms with E-state index in [2.05, 4.69) is 179 Å². The summed E-state index contributed by atoms with van der Waals surface area (Å²) < 4.78 is 8.57. The third-order valence-corrected chi connectivity index (χ3v) is 11.5. The fourth-order valence-corrected chi connectivity index (χ4v) is 9.03. The van der Waals surface area contributed by atoms with Crippen LogP contribution >= 0.6 is 11.8 Å². The maximum absolute atomic E-state index is 6.18. The minimum absolute atomic E-state index is 0.904. The van der Waals surface area contributed by atoms with E-state index in [1.807, 2.05) is 23.9 Å². The summed E-state index contributed by atoms with van der Waals surface area (Å²) in [5.74, 6) is 0. The van der Waals surface area contributed by atoms with Gasteiger partial charge in [0, 0.05) is 42.7 Å². The highest BCUT2D eigenvalue weighted by Crippen LogP contribution is 2.53. The van der Waals surface area contributed by atoms with Crippen LogP contribution in [0, 0.1) is 0 Å². The third-order valence-electron chi connectivity index (χ3n) is 10.4. The number of hydrogen-bond donors (Lipinski definition) is 0. The summed E-state index contributed by atoms with van der Waals surface area (Å²) in [6.45, 7) is 0. The molecular weight excluding hydrogens is 653 g/mol. The molecular formula is C48H30N2OS. The first kappa shape index (κ1) is 29.3. The Labute approximate surface area is 305 Å². The van der Waals surface area contributed by atoms with Gasteiger partial charge in [-0.1, -0.05) is 115 Å². The standard InChI is InChI=1S/C48H30N2OS/c1-2-10-31(11-3-1)32-18-22-35(23-19-32)49-41-14-6-4-12-37(41)39-28-33(20-25-42(39)49)34-21-26-44-48(29-34)52-47-17-9-7-15-43(47)50(44)36-24-27-46-40(30-36)38-13-5-8-16-45(38)51-46/h1-30H. The van der Waals surface area contributed by atoms with E-state index in [0.717, 1.165) is 33.3 Å². The van der Waals surface area contributed by atoms with Crippen LogP contribution in [-0.4, -0.2) is 4.57 Å². The van der Waals surface area contributed by atoms with E-state index in [1.165, 1.54) is 65.2 Å². The van der Waals surface area contributed by atoms with Gasteiger partial charge < -0.3 is 13.9 Å². The summed E-state index contributed by atoms with van der Waals surface area (Å²) in [5, 5.41) is 4.76. The van der Waals surface area contributed by atoms with Gasteiger partial charge >= 0.3 is 0 Å². The first-order chi connectivity index (χ1) is 25.8. The Morgan fingerprint density at radius 1 is 0.365 bits per heavy atom. The number of rotatable bonds is 4. The number of furan rings is 1. The van der Waals surface area contributed by atoms with Crippen LogP contribution in [0.3, 0.4) is 0 Å². The van der Waals surface area contributed by atoms with Gasteiger partial charge in [-0.25, -0.2) is 0 Å². The zero-order valence-electron chi connectivity index (χ0n) is 28.0. The topological polar surface area (TPSA) is 21.3 Å². The normalized spacial score (nSPS) is 12.5. The van der Waals surface area contributed by atoms with E-state index >= 15 is 0 Å². The van der Waals surface area contributed by atoms with Crippen molar-refractivity contribution in [1.82, 2.24) is 4.57 Å². The first-order valence-corrected chi connectivity index (χ1v) is 18.4. The number of benzene rings is 8. The van der Waals surface area contributed by atoms with E-state index in [4.69, 9.17) is 4.42 Å². The first-order valence-electron chi connectivity index (χ1n) is 17.6. The molecule has 11 rings (SSSR count). The van der Waals surface area contributed by atoms with Crippen LogP contribution in [0.5, 0.6) is 0 Å². The Hall–Kier alpha value is -6.49. The lowest BCUT2D eigenvalue weighted by Gasteiger charge is -2.33. The van der Waals surface area contributed by atoms with E-state index in [-0.39, 0.29) is 0 Å². The van der Waals surface area contributed by atoms with Crippen LogP contribution in [-0.2, 0) is 0 Å². The molecule has 244 valence electrons. The molecule has 0 radical (unpaired) electrons. The molecule has 8 aromatic carbocycles. The molecule has 0 spiro atoms. The predicted octanol–water partition coefficient (Wildman–Crippen LogP) is 14.0. The highest BCUT2D eigenvalue weighted by atomic mass is 32.2. The van der Waals surface area contributed by atoms with Crippen LogP contribution in [0.1, 0.15) is 0 Å². The van der Waals surface area contributed by atoms with Crippen molar-refractivity contribution in [2.45, 2.75) is 9.79 Å². The van der Waals surface area contributed by atoms with Crippen molar-refractivity contribution in [2.24, 2.45) is 0 Å². The molecule has 0 bridgehead atoms. The SMILES string of the molecule is c1ccc(-c2ccc(-n3c4ccccc4c4cc(-c5ccc6c(c5)Sc5ccccc5N6c5ccc6oc7ccccc7c6c5)ccc43)cc2)cc1. The fraction of sp³-hybridized carbons (Fsp3) is 0. The molecule has 3 nitrogen and oxygen atoms in total. The van der Waals surface area contributed by atoms with Crippen molar-refractivity contribution in [2.75, 3.05) is 4.90 Å². The molecule has 2 aromatic heterocycles. The molecule has 10 aromatic rings. The summed E-state index contributed by atoms with van der Waals surface area (Å²) in [6, 6.07) is 65.6. The molecule has 0 aliphatic carbocycles. The smallest absolute Gasteiger partial charge is 0.135 e. The van der Waals surface area contributed by atoms with Gasteiger partial charge in [0.2, 0.25) is 0 Å². The summed E-state index contributed by atoms with van der Waals surface area (Å²) in [6.07, 6.45) is 0.